The van der Waals surface area contributed by atoms with Gasteiger partial charge in [0.05, 0.1) is 17.8 Å². The van der Waals surface area contributed by atoms with Gasteiger partial charge in [0.25, 0.3) is 11.8 Å². The second-order valence-corrected chi connectivity index (χ2v) is 15.5. The topological polar surface area (TPSA) is 195 Å². The SMILES string of the molecule is CCCCC(CC)C(=O)Oc1ccc(C(=O)Nc2cc(NC(O)c3ccc(OC(=O)C(CC)CCCC)cc3)nc(NC(=O)c3ccc(OC(=O)C(CC)CCCC)cc3)n2)cc1. The highest BCUT2D eigenvalue weighted by molar-refractivity contribution is 6.05. The van der Waals surface area contributed by atoms with Gasteiger partial charge in [0.2, 0.25) is 5.95 Å². The van der Waals surface area contributed by atoms with Crippen LogP contribution in [0.5, 0.6) is 17.2 Å². The van der Waals surface area contributed by atoms with Crippen molar-refractivity contribution in [1.29, 1.82) is 0 Å². The largest absolute Gasteiger partial charge is 0.426 e. The number of nitrogens with zero attached hydrogens (tertiary/aromatic N) is 2. The normalized spacial score (nSPS) is 12.9. The van der Waals surface area contributed by atoms with E-state index >= 15 is 0 Å². The van der Waals surface area contributed by atoms with Gasteiger partial charge in [-0.3, -0.25) is 29.3 Å². The average Bonchev–Trinajstić information content (AvgIpc) is 3.27. The van der Waals surface area contributed by atoms with E-state index in [1.54, 1.807) is 24.3 Å². The number of esters is 3. The van der Waals surface area contributed by atoms with E-state index in [2.05, 4.69) is 46.7 Å². The molecule has 1 aromatic heterocycles. The lowest BCUT2D eigenvalue weighted by Crippen LogP contribution is -2.20. The lowest BCUT2D eigenvalue weighted by atomic mass is 10.00. The number of anilines is 3. The highest BCUT2D eigenvalue weighted by Gasteiger charge is 2.22. The quantitative estimate of drug-likeness (QED) is 0.0280. The molecule has 0 saturated heterocycles. The second-order valence-electron chi connectivity index (χ2n) is 15.5. The minimum Gasteiger partial charge on any atom is -0.426 e. The highest BCUT2D eigenvalue weighted by Crippen LogP contribution is 2.26. The van der Waals surface area contributed by atoms with Crippen LogP contribution < -0.4 is 30.2 Å². The van der Waals surface area contributed by atoms with Crippen LogP contribution >= 0.6 is 0 Å². The summed E-state index contributed by atoms with van der Waals surface area (Å²) in [6.07, 6.45) is 8.63. The first-order chi connectivity index (χ1) is 30.4. The van der Waals surface area contributed by atoms with Gasteiger partial charge in [0.15, 0.2) is 6.23 Å². The van der Waals surface area contributed by atoms with Crippen molar-refractivity contribution in [3.8, 4) is 17.2 Å². The number of amides is 2. The number of carbonyl (C=O) groups is 5. The van der Waals surface area contributed by atoms with Gasteiger partial charge in [-0.15, -0.1) is 0 Å². The zero-order valence-electron chi connectivity index (χ0n) is 37.4. The van der Waals surface area contributed by atoms with Crippen LogP contribution in [-0.2, 0) is 14.4 Å². The van der Waals surface area contributed by atoms with Gasteiger partial charge < -0.3 is 30.0 Å². The van der Waals surface area contributed by atoms with E-state index in [0.29, 0.717) is 42.1 Å². The molecule has 4 atom stereocenters. The first-order valence-corrected chi connectivity index (χ1v) is 22.3. The second kappa shape index (κ2) is 25.7. The van der Waals surface area contributed by atoms with E-state index in [4.69, 9.17) is 14.2 Å². The molecule has 0 aliphatic carbocycles. The molecule has 1 heterocycles. The standard InChI is InChI=1S/C49H63N5O9/c1-7-13-16-32(10-4)46(58)61-38-25-19-35(20-26-38)43(55)50-41-31-42(51-44(56)36-21-27-39(28-22-36)62-47(59)33(11-5)17-14-8-2)53-49(52-41)54-45(57)37-23-29-40(30-24-37)63-48(60)34(12-6)18-15-9-3/h19-34,43,55H,7-18H2,1-6H3,(H3,50,51,52,53,54,56,57). The molecule has 14 nitrogen and oxygen atoms in total. The van der Waals surface area contributed by atoms with Crippen LogP contribution in [0.3, 0.4) is 0 Å². The number of aliphatic hydroxyl groups excluding tert-OH is 1. The summed E-state index contributed by atoms with van der Waals surface area (Å²) in [6, 6.07) is 19.9. The summed E-state index contributed by atoms with van der Waals surface area (Å²) in [5.74, 6) is -1.90. The third-order valence-electron chi connectivity index (χ3n) is 10.8. The number of benzene rings is 3. The molecule has 0 radical (unpaired) electrons. The van der Waals surface area contributed by atoms with Gasteiger partial charge in [0.1, 0.15) is 28.9 Å². The van der Waals surface area contributed by atoms with E-state index in [9.17, 15) is 29.1 Å². The Hall–Kier alpha value is -6.15. The molecule has 3 aromatic carbocycles. The zero-order valence-corrected chi connectivity index (χ0v) is 37.4. The van der Waals surface area contributed by atoms with Crippen molar-refractivity contribution in [2.24, 2.45) is 17.8 Å². The molecule has 14 heteroatoms. The van der Waals surface area contributed by atoms with Gasteiger partial charge in [-0.1, -0.05) is 92.2 Å². The van der Waals surface area contributed by atoms with Gasteiger partial charge in [-0.2, -0.15) is 9.97 Å². The van der Waals surface area contributed by atoms with Crippen LogP contribution in [0.1, 0.15) is 151 Å². The molecule has 4 rings (SSSR count). The zero-order chi connectivity index (χ0) is 45.7. The maximum absolute atomic E-state index is 13.5. The monoisotopic (exact) mass is 865 g/mol. The Morgan fingerprint density at radius 3 is 1.27 bits per heavy atom. The Balaban J connectivity index is 1.52. The molecule has 2 amide bonds. The number of nitrogens with one attached hydrogen (secondary N) is 3. The first-order valence-electron chi connectivity index (χ1n) is 22.3. The molecule has 4 unspecified atom stereocenters. The van der Waals surface area contributed by atoms with Crippen LogP contribution in [0.4, 0.5) is 17.6 Å². The molecule has 0 bridgehead atoms. The van der Waals surface area contributed by atoms with E-state index < -0.39 is 18.0 Å². The molecule has 4 aromatic rings. The maximum atomic E-state index is 13.5. The van der Waals surface area contributed by atoms with E-state index in [0.717, 1.165) is 57.8 Å². The number of aliphatic hydroxyl groups is 1. The number of hydrogen-bond acceptors (Lipinski definition) is 12. The van der Waals surface area contributed by atoms with Crippen molar-refractivity contribution in [2.45, 2.75) is 125 Å². The Kier molecular flexibility index (Phi) is 20.2. The molecule has 4 N–H and O–H groups in total. The summed E-state index contributed by atoms with van der Waals surface area (Å²) in [7, 11) is 0. The lowest BCUT2D eigenvalue weighted by Gasteiger charge is -2.17. The van der Waals surface area contributed by atoms with Crippen LogP contribution in [0, 0.1) is 17.8 Å². The fourth-order valence-corrected chi connectivity index (χ4v) is 6.71. The van der Waals surface area contributed by atoms with Crippen LogP contribution in [-0.4, -0.2) is 44.8 Å². The third-order valence-corrected chi connectivity index (χ3v) is 10.8. The molecule has 0 spiro atoms. The lowest BCUT2D eigenvalue weighted by molar-refractivity contribution is -0.140. The number of carbonyl (C=O) groups excluding carboxylic acids is 5. The molecular weight excluding hydrogens is 803 g/mol. The van der Waals surface area contributed by atoms with Crippen LogP contribution in [0.15, 0.2) is 78.9 Å². The molecular formula is C49H63N5O9. The summed E-state index contributed by atoms with van der Waals surface area (Å²) < 4.78 is 16.8. The molecule has 0 saturated carbocycles. The minimum absolute atomic E-state index is 0.0103. The number of unbranched alkanes of at least 4 members (excludes halogenated alkanes) is 3. The van der Waals surface area contributed by atoms with E-state index in [1.807, 2.05) is 20.8 Å². The molecule has 338 valence electrons. The minimum atomic E-state index is -1.32. The summed E-state index contributed by atoms with van der Waals surface area (Å²) in [6.45, 7) is 12.1. The van der Waals surface area contributed by atoms with E-state index in [1.165, 1.54) is 54.6 Å². The van der Waals surface area contributed by atoms with Gasteiger partial charge in [-0.05, 0) is 99.2 Å². The summed E-state index contributed by atoms with van der Waals surface area (Å²) in [5, 5.41) is 19.4. The number of aromatic nitrogens is 2. The number of rotatable bonds is 25. The fraction of sp³-hybridized carbons (Fsp3) is 0.449. The Morgan fingerprint density at radius 1 is 0.524 bits per heavy atom. The van der Waals surface area contributed by atoms with Gasteiger partial charge in [0, 0.05) is 22.8 Å². The summed E-state index contributed by atoms with van der Waals surface area (Å²) >= 11 is 0. The molecule has 0 fully saturated rings. The van der Waals surface area contributed by atoms with Crippen molar-refractivity contribution in [3.05, 3.63) is 95.6 Å². The van der Waals surface area contributed by atoms with E-state index in [-0.39, 0.29) is 64.4 Å². The van der Waals surface area contributed by atoms with Crippen molar-refractivity contribution in [3.63, 3.8) is 0 Å². The first kappa shape index (κ1) is 49.5. The van der Waals surface area contributed by atoms with Crippen LogP contribution in [0.2, 0.25) is 0 Å². The van der Waals surface area contributed by atoms with Crippen molar-refractivity contribution in [1.82, 2.24) is 9.97 Å². The molecule has 0 aliphatic rings. The summed E-state index contributed by atoms with van der Waals surface area (Å²) in [4.78, 5) is 73.9. The van der Waals surface area contributed by atoms with Gasteiger partial charge in [-0.25, -0.2) is 0 Å². The fourth-order valence-electron chi connectivity index (χ4n) is 6.71. The van der Waals surface area contributed by atoms with Gasteiger partial charge >= 0.3 is 17.9 Å². The van der Waals surface area contributed by atoms with Crippen LogP contribution in [0.25, 0.3) is 0 Å². The predicted molar refractivity (Wildman–Crippen MR) is 243 cm³/mol. The Labute approximate surface area is 370 Å². The molecule has 0 aliphatic heterocycles. The average molecular weight is 866 g/mol. The Bertz CT molecular complexity index is 1990. The van der Waals surface area contributed by atoms with Crippen molar-refractivity contribution < 1.29 is 43.3 Å². The van der Waals surface area contributed by atoms with Crippen molar-refractivity contribution in [2.75, 3.05) is 16.0 Å². The number of hydrogen-bond donors (Lipinski definition) is 4. The third kappa shape index (κ3) is 15.6. The Morgan fingerprint density at radius 2 is 0.889 bits per heavy atom. The molecule has 63 heavy (non-hydrogen) atoms. The maximum Gasteiger partial charge on any atom is 0.314 e. The highest BCUT2D eigenvalue weighted by atomic mass is 16.5. The van der Waals surface area contributed by atoms with Crippen molar-refractivity contribution >= 4 is 47.3 Å². The predicted octanol–water partition coefficient (Wildman–Crippen LogP) is 10.4. The number of ether oxygens (including phenoxy) is 3. The summed E-state index contributed by atoms with van der Waals surface area (Å²) in [5.41, 5.74) is 0.864. The smallest absolute Gasteiger partial charge is 0.314 e.